The lowest BCUT2D eigenvalue weighted by Gasteiger charge is -2.11. The fraction of sp³-hybridized carbons (Fsp3) is 0.765. The minimum atomic E-state index is 0. The number of hydrogen-bond acceptors (Lipinski definition) is 5. The van der Waals surface area contributed by atoms with Crippen LogP contribution in [0.5, 0.6) is 0 Å². The fourth-order valence-corrected chi connectivity index (χ4v) is 2.76. The van der Waals surface area contributed by atoms with E-state index in [0.29, 0.717) is 38.8 Å². The van der Waals surface area contributed by atoms with Crippen molar-refractivity contribution in [1.82, 2.24) is 15.6 Å². The van der Waals surface area contributed by atoms with Gasteiger partial charge in [0.15, 0.2) is 5.96 Å². The van der Waals surface area contributed by atoms with Crippen LogP contribution >= 0.6 is 35.3 Å². The van der Waals surface area contributed by atoms with Gasteiger partial charge in [-0.25, -0.2) is 4.98 Å². The molecule has 1 rings (SSSR count). The second-order valence-corrected chi connectivity index (χ2v) is 6.69. The lowest BCUT2D eigenvalue weighted by molar-refractivity contribution is 0.0487. The summed E-state index contributed by atoms with van der Waals surface area (Å²) in [6, 6.07) is 0. The maximum Gasteiger partial charge on any atom is 0.191 e. The SMILES string of the molecule is CCCCOCCOCCNC(=NC)NCc1nc(C(C)C)cs1.I. The highest BCUT2D eigenvalue weighted by Gasteiger charge is 2.06. The topological polar surface area (TPSA) is 67.8 Å². The van der Waals surface area contributed by atoms with Crippen LogP contribution in [0.1, 0.15) is 50.2 Å². The second-order valence-electron chi connectivity index (χ2n) is 5.75. The first-order valence-corrected chi connectivity index (χ1v) is 9.59. The van der Waals surface area contributed by atoms with Crippen molar-refractivity contribution in [2.45, 2.75) is 46.1 Å². The summed E-state index contributed by atoms with van der Waals surface area (Å²) in [6.45, 7) is 10.6. The summed E-state index contributed by atoms with van der Waals surface area (Å²) in [7, 11) is 1.76. The second kappa shape index (κ2) is 15.8. The van der Waals surface area contributed by atoms with Crippen LogP contribution < -0.4 is 10.6 Å². The average molecular weight is 484 g/mol. The molecular formula is C17H33IN4O2S. The molecule has 8 heteroatoms. The largest absolute Gasteiger partial charge is 0.379 e. The van der Waals surface area contributed by atoms with Crippen molar-refractivity contribution in [3.05, 3.63) is 16.1 Å². The van der Waals surface area contributed by atoms with Crippen LogP contribution in [0.2, 0.25) is 0 Å². The van der Waals surface area contributed by atoms with Crippen LogP contribution in [0.3, 0.4) is 0 Å². The molecule has 6 nitrogen and oxygen atoms in total. The summed E-state index contributed by atoms with van der Waals surface area (Å²) in [5.74, 6) is 1.23. The van der Waals surface area contributed by atoms with Crippen molar-refractivity contribution >= 4 is 41.3 Å². The lowest BCUT2D eigenvalue weighted by Crippen LogP contribution is -2.38. The number of hydrogen-bond donors (Lipinski definition) is 2. The highest BCUT2D eigenvalue weighted by molar-refractivity contribution is 14.0. The zero-order valence-corrected chi connectivity index (χ0v) is 19.0. The van der Waals surface area contributed by atoms with E-state index in [-0.39, 0.29) is 24.0 Å². The summed E-state index contributed by atoms with van der Waals surface area (Å²) in [5, 5.41) is 9.69. The third-order valence-corrected chi connectivity index (χ3v) is 4.21. The first-order valence-electron chi connectivity index (χ1n) is 8.71. The monoisotopic (exact) mass is 484 g/mol. The molecule has 0 spiro atoms. The zero-order chi connectivity index (χ0) is 17.6. The van der Waals surface area contributed by atoms with E-state index in [1.165, 1.54) is 0 Å². The standard InChI is InChI=1S/C17H32N4O2S.HI/c1-5-6-8-22-10-11-23-9-7-19-17(18-4)20-12-16-21-15(13-24-16)14(2)3;/h13-14H,5-12H2,1-4H3,(H2,18,19,20);1H. The minimum Gasteiger partial charge on any atom is -0.379 e. The van der Waals surface area contributed by atoms with Crippen LogP contribution in [0, 0.1) is 0 Å². The number of unbranched alkanes of at least 4 members (excludes halogenated alkanes) is 1. The first kappa shape index (κ1) is 24.6. The Balaban J connectivity index is 0.00000576. The minimum absolute atomic E-state index is 0. The van der Waals surface area contributed by atoms with Gasteiger partial charge in [-0.3, -0.25) is 4.99 Å². The van der Waals surface area contributed by atoms with Gasteiger partial charge in [0.25, 0.3) is 0 Å². The van der Waals surface area contributed by atoms with E-state index in [4.69, 9.17) is 9.47 Å². The molecule has 0 amide bonds. The number of nitrogens with one attached hydrogen (secondary N) is 2. The van der Waals surface area contributed by atoms with Gasteiger partial charge < -0.3 is 20.1 Å². The summed E-state index contributed by atoms with van der Waals surface area (Å²) in [6.07, 6.45) is 2.28. The molecule has 0 atom stereocenters. The van der Waals surface area contributed by atoms with Gasteiger partial charge in [-0.1, -0.05) is 27.2 Å². The summed E-state index contributed by atoms with van der Waals surface area (Å²) < 4.78 is 11.0. The van der Waals surface area contributed by atoms with Gasteiger partial charge in [0.1, 0.15) is 5.01 Å². The van der Waals surface area contributed by atoms with E-state index in [2.05, 4.69) is 46.8 Å². The van der Waals surface area contributed by atoms with Crippen LogP contribution in [-0.4, -0.2) is 51.0 Å². The quantitative estimate of drug-likeness (QED) is 0.206. The number of rotatable bonds is 12. The van der Waals surface area contributed by atoms with E-state index >= 15 is 0 Å². The van der Waals surface area contributed by atoms with Gasteiger partial charge >= 0.3 is 0 Å². The van der Waals surface area contributed by atoms with E-state index in [1.54, 1.807) is 18.4 Å². The number of ether oxygens (including phenoxy) is 2. The number of guanidine groups is 1. The highest BCUT2D eigenvalue weighted by atomic mass is 127. The Hall–Kier alpha value is -0.450. The molecule has 0 aromatic carbocycles. The number of thiazole rings is 1. The average Bonchev–Trinajstić information content (AvgIpc) is 3.05. The molecule has 1 heterocycles. The molecule has 0 aliphatic heterocycles. The normalized spacial score (nSPS) is 11.5. The molecule has 1 aromatic rings. The van der Waals surface area contributed by atoms with Gasteiger partial charge in [-0.15, -0.1) is 35.3 Å². The molecular weight excluding hydrogens is 451 g/mol. The van der Waals surface area contributed by atoms with Gasteiger partial charge in [0, 0.05) is 25.6 Å². The van der Waals surface area contributed by atoms with Crippen LogP contribution in [-0.2, 0) is 16.0 Å². The van der Waals surface area contributed by atoms with Gasteiger partial charge in [-0.2, -0.15) is 0 Å². The molecule has 2 N–H and O–H groups in total. The fourth-order valence-electron chi connectivity index (χ4n) is 1.86. The Morgan fingerprint density at radius 3 is 2.52 bits per heavy atom. The Morgan fingerprint density at radius 2 is 1.92 bits per heavy atom. The number of nitrogens with zero attached hydrogens (tertiary/aromatic N) is 2. The smallest absolute Gasteiger partial charge is 0.191 e. The van der Waals surface area contributed by atoms with E-state index in [9.17, 15) is 0 Å². The molecule has 0 radical (unpaired) electrons. The third-order valence-electron chi connectivity index (χ3n) is 3.34. The molecule has 0 saturated heterocycles. The summed E-state index contributed by atoms with van der Waals surface area (Å²) >= 11 is 1.68. The first-order chi connectivity index (χ1) is 11.7. The lowest BCUT2D eigenvalue weighted by atomic mass is 10.2. The molecule has 0 aliphatic carbocycles. The molecule has 146 valence electrons. The predicted octanol–water partition coefficient (Wildman–Crippen LogP) is 3.38. The Morgan fingerprint density at radius 1 is 1.20 bits per heavy atom. The number of halogens is 1. The zero-order valence-electron chi connectivity index (χ0n) is 15.8. The van der Waals surface area contributed by atoms with E-state index < -0.39 is 0 Å². The summed E-state index contributed by atoms with van der Waals surface area (Å²) in [4.78, 5) is 8.81. The Labute approximate surface area is 173 Å². The van der Waals surface area contributed by atoms with Gasteiger partial charge in [-0.05, 0) is 12.3 Å². The molecule has 0 saturated carbocycles. The van der Waals surface area contributed by atoms with Crippen molar-refractivity contribution < 1.29 is 9.47 Å². The molecule has 25 heavy (non-hydrogen) atoms. The Kier molecular flexibility index (Phi) is 15.5. The van der Waals surface area contributed by atoms with Crippen LogP contribution in [0.25, 0.3) is 0 Å². The molecule has 0 fully saturated rings. The molecule has 0 unspecified atom stereocenters. The van der Waals surface area contributed by atoms with Crippen molar-refractivity contribution in [1.29, 1.82) is 0 Å². The number of aromatic nitrogens is 1. The summed E-state index contributed by atoms with van der Waals surface area (Å²) in [5.41, 5.74) is 1.15. The van der Waals surface area contributed by atoms with Crippen molar-refractivity contribution in [3.63, 3.8) is 0 Å². The third kappa shape index (κ3) is 11.7. The Bertz CT molecular complexity index is 469. The van der Waals surface area contributed by atoms with Crippen molar-refractivity contribution in [3.8, 4) is 0 Å². The van der Waals surface area contributed by atoms with E-state index in [0.717, 1.165) is 36.1 Å². The maximum absolute atomic E-state index is 5.52. The van der Waals surface area contributed by atoms with Crippen LogP contribution in [0.15, 0.2) is 10.4 Å². The van der Waals surface area contributed by atoms with Gasteiger partial charge in [0.2, 0.25) is 0 Å². The molecule has 1 aromatic heterocycles. The van der Waals surface area contributed by atoms with Crippen molar-refractivity contribution in [2.75, 3.05) is 40.0 Å². The van der Waals surface area contributed by atoms with Gasteiger partial charge in [0.05, 0.1) is 32.1 Å². The predicted molar refractivity (Wildman–Crippen MR) is 116 cm³/mol. The molecule has 0 bridgehead atoms. The number of aliphatic imine (C=N–C) groups is 1. The molecule has 0 aliphatic rings. The maximum atomic E-state index is 5.52. The van der Waals surface area contributed by atoms with E-state index in [1.807, 2.05) is 0 Å². The van der Waals surface area contributed by atoms with Crippen molar-refractivity contribution in [2.24, 2.45) is 4.99 Å². The van der Waals surface area contributed by atoms with Crippen LogP contribution in [0.4, 0.5) is 0 Å². The highest BCUT2D eigenvalue weighted by Crippen LogP contribution is 2.17.